The van der Waals surface area contributed by atoms with Crippen LogP contribution in [0.5, 0.6) is 0 Å². The number of rotatable bonds is 0. The van der Waals surface area contributed by atoms with Gasteiger partial charge in [-0.1, -0.05) is 7.05 Å². The summed E-state index contributed by atoms with van der Waals surface area (Å²) in [6.45, 7) is 2.42. The van der Waals surface area contributed by atoms with E-state index in [-0.39, 0.29) is 32.7 Å². The number of hydrogen-bond donors (Lipinski definition) is 1. The van der Waals surface area contributed by atoms with Crippen molar-refractivity contribution in [3.8, 4) is 0 Å². The summed E-state index contributed by atoms with van der Waals surface area (Å²) in [6, 6.07) is -0.745. The minimum atomic E-state index is -0.745. The van der Waals surface area contributed by atoms with Crippen LogP contribution in [-0.2, 0) is 32.7 Å². The molecule has 1 rings (SSSR count). The first kappa shape index (κ1) is 13.9. The van der Waals surface area contributed by atoms with Crippen LogP contribution in [0.3, 0.4) is 0 Å². The van der Waals surface area contributed by atoms with Crippen molar-refractivity contribution in [3.05, 3.63) is 12.8 Å². The van der Waals surface area contributed by atoms with Crippen LogP contribution in [0.1, 0.15) is 6.42 Å². The Bertz CT molecular complexity index is 106. The molecule has 1 saturated heterocycles. The summed E-state index contributed by atoms with van der Waals surface area (Å²) in [5.74, 6) is 0. The Hall–Kier alpha value is 0.334. The van der Waals surface area contributed by atoms with E-state index >= 15 is 0 Å². The second-order valence-electron chi connectivity index (χ2n) is 2.05. The molecule has 1 heterocycles. The van der Waals surface area contributed by atoms with Crippen molar-refractivity contribution in [3.63, 3.8) is 0 Å². The first-order chi connectivity index (χ1) is 4.66. The molecule has 0 aromatic rings. The summed E-state index contributed by atoms with van der Waals surface area (Å²) >= 11 is 0. The zero-order valence-electron chi connectivity index (χ0n) is 6.76. The molecule has 0 aliphatic carbocycles. The summed E-state index contributed by atoms with van der Waals surface area (Å²) in [7, 11) is 5.09. The summed E-state index contributed by atoms with van der Waals surface area (Å²) < 4.78 is 0. The van der Waals surface area contributed by atoms with Gasteiger partial charge in [-0.3, -0.25) is 11.8 Å². The second-order valence-corrected chi connectivity index (χ2v) is 2.05. The maximum absolute atomic E-state index is 9.37. The van der Waals surface area contributed by atoms with Gasteiger partial charge in [0.25, 0.3) is 0 Å². The van der Waals surface area contributed by atoms with E-state index in [4.69, 9.17) is 5.73 Å². The van der Waals surface area contributed by atoms with Crippen LogP contribution >= 0.6 is 0 Å². The van der Waals surface area contributed by atoms with E-state index in [1.807, 2.05) is 0 Å². The Morgan fingerprint density at radius 1 is 1.64 bits per heavy atom. The van der Waals surface area contributed by atoms with Crippen LogP contribution < -0.4 is 5.32 Å². The third kappa shape index (κ3) is 10.3. The van der Waals surface area contributed by atoms with Crippen molar-refractivity contribution >= 4 is 6.03 Å². The molecule has 11 heavy (non-hydrogen) atoms. The minimum absolute atomic E-state index is 0. The van der Waals surface area contributed by atoms with Crippen molar-refractivity contribution in [1.29, 1.82) is 0 Å². The summed E-state index contributed by atoms with van der Waals surface area (Å²) in [4.78, 5) is 11.4. The number of urea groups is 1. The molecular formula is C6H13N3OY-2. The average molecular weight is 232 g/mol. The van der Waals surface area contributed by atoms with Crippen LogP contribution in [0.25, 0.3) is 5.73 Å². The largest absolute Gasteiger partial charge is 0.459 e. The van der Waals surface area contributed by atoms with Gasteiger partial charge < -0.3 is 16.0 Å². The molecule has 1 aliphatic heterocycles. The van der Waals surface area contributed by atoms with E-state index in [9.17, 15) is 4.79 Å². The molecule has 1 fully saturated rings. The average Bonchev–Trinajstić information content (AvgIpc) is 1.85. The van der Waals surface area contributed by atoms with Gasteiger partial charge in [0.05, 0.1) is 0 Å². The molecule has 0 saturated carbocycles. The number of amides is 2. The van der Waals surface area contributed by atoms with Gasteiger partial charge in [0.2, 0.25) is 0 Å². The minimum Gasteiger partial charge on any atom is -0.459 e. The Labute approximate surface area is 92.8 Å². The molecule has 2 N–H and O–H groups in total. The normalized spacial score (nSPS) is 14.7. The van der Waals surface area contributed by atoms with E-state index in [0.29, 0.717) is 0 Å². The Balaban J connectivity index is 0. The molecule has 0 atom stereocenters. The number of carbonyl (C=O) groups excluding carboxylic acids is 1. The molecular weight excluding hydrogens is 219 g/mol. The fourth-order valence-electron chi connectivity index (χ4n) is 0.382. The van der Waals surface area contributed by atoms with E-state index in [1.54, 1.807) is 0 Å². The molecule has 4 nitrogen and oxygen atoms in total. The Morgan fingerprint density at radius 2 is 1.91 bits per heavy atom. The fourth-order valence-corrected chi connectivity index (χ4v) is 0.382. The maximum atomic E-state index is 9.37. The van der Waals surface area contributed by atoms with Gasteiger partial charge in [-0.2, -0.15) is 0 Å². The van der Waals surface area contributed by atoms with Crippen LogP contribution in [-0.4, -0.2) is 31.1 Å². The number of likely N-dealkylation sites (tertiary alicyclic amines) is 1. The van der Waals surface area contributed by atoms with Crippen LogP contribution in [0, 0.1) is 7.05 Å². The predicted molar refractivity (Wildman–Crippen MR) is 40.3 cm³/mol. The molecule has 5 heteroatoms. The molecule has 0 aromatic heterocycles. The topological polar surface area (TPSA) is 56.1 Å². The molecule has 2 amide bonds. The first-order valence-corrected chi connectivity index (χ1v) is 3.15. The van der Waals surface area contributed by atoms with Gasteiger partial charge in [0, 0.05) is 32.7 Å². The van der Waals surface area contributed by atoms with Gasteiger partial charge in [0.15, 0.2) is 0 Å². The van der Waals surface area contributed by atoms with Gasteiger partial charge in [-0.25, -0.2) is 0 Å². The number of hydrogen-bond acceptors (Lipinski definition) is 2. The molecule has 1 aliphatic rings. The second kappa shape index (κ2) is 8.43. The summed E-state index contributed by atoms with van der Waals surface area (Å²) in [5.41, 5.74) is 6.08. The van der Waals surface area contributed by atoms with E-state index < -0.39 is 6.03 Å². The van der Waals surface area contributed by atoms with Crippen molar-refractivity contribution in [2.75, 3.05) is 20.1 Å². The zero-order chi connectivity index (χ0) is 7.98. The summed E-state index contributed by atoms with van der Waals surface area (Å²) in [6.07, 6.45) is 1.35. The molecule has 63 valence electrons. The van der Waals surface area contributed by atoms with Crippen LogP contribution in [0.15, 0.2) is 0 Å². The quantitative estimate of drug-likeness (QED) is 0.629. The smallest absolute Gasteiger partial charge is 0.149 e. The first-order valence-electron chi connectivity index (χ1n) is 3.15. The van der Waals surface area contributed by atoms with E-state index in [1.165, 1.54) is 26.6 Å². The molecule has 0 bridgehead atoms. The van der Waals surface area contributed by atoms with Crippen LogP contribution in [0.2, 0.25) is 0 Å². The van der Waals surface area contributed by atoms with Gasteiger partial charge in [-0.05, 0) is 19.5 Å². The molecule has 1 radical (unpaired) electrons. The van der Waals surface area contributed by atoms with Crippen molar-refractivity contribution < 1.29 is 37.5 Å². The van der Waals surface area contributed by atoms with Crippen LogP contribution in [0.4, 0.5) is 4.79 Å². The zero-order valence-corrected chi connectivity index (χ0v) is 9.60. The van der Waals surface area contributed by atoms with Crippen molar-refractivity contribution in [2.24, 2.45) is 0 Å². The third-order valence-electron chi connectivity index (χ3n) is 1.18. The van der Waals surface area contributed by atoms with E-state index in [2.05, 4.69) is 17.3 Å². The number of nitrogens with one attached hydrogen (secondary N) is 2. The monoisotopic (exact) mass is 232 g/mol. The Kier molecular flexibility index (Phi) is 10.6. The predicted octanol–water partition coefficient (Wildman–Crippen LogP) is 0.859. The molecule has 0 aromatic carbocycles. The van der Waals surface area contributed by atoms with Gasteiger partial charge in [-0.15, -0.1) is 0 Å². The maximum Gasteiger partial charge on any atom is 0.149 e. The fraction of sp³-hybridized carbons (Fsp3) is 0.667. The van der Waals surface area contributed by atoms with Crippen molar-refractivity contribution in [2.45, 2.75) is 6.42 Å². The SMILES string of the molecule is CNC([NH-])=O.[CH2-]N1CCC1.[Y]. The number of nitrogens with zero attached hydrogens (tertiary/aromatic N) is 1. The van der Waals surface area contributed by atoms with Crippen molar-refractivity contribution in [1.82, 2.24) is 10.2 Å². The summed E-state index contributed by atoms with van der Waals surface area (Å²) in [5, 5.41) is 2.06. The van der Waals surface area contributed by atoms with Gasteiger partial charge in [0.1, 0.15) is 6.03 Å². The Morgan fingerprint density at radius 3 is 1.91 bits per heavy atom. The van der Waals surface area contributed by atoms with Gasteiger partial charge >= 0.3 is 0 Å². The standard InChI is InChI=1S/C4H8N.C2H6N2O.Y/c1-5-3-2-4-5;1-4-2(3)5;/h1-4H2;1H3,(H3,3,4,5);/q-1;;/p-1. The molecule has 0 spiro atoms. The van der Waals surface area contributed by atoms with E-state index in [0.717, 1.165) is 0 Å². The third-order valence-corrected chi connectivity index (χ3v) is 1.18. The number of carbonyl (C=O) groups is 1. The molecule has 0 unspecified atom stereocenters.